The van der Waals surface area contributed by atoms with Gasteiger partial charge in [-0.25, -0.2) is 0 Å². The molecule has 1 amide bonds. The van der Waals surface area contributed by atoms with E-state index in [1.165, 1.54) is 0 Å². The van der Waals surface area contributed by atoms with E-state index in [0.29, 0.717) is 16.5 Å². The second-order valence-electron chi connectivity index (χ2n) is 5.29. The first-order valence-corrected chi connectivity index (χ1v) is 7.76. The number of benzene rings is 2. The zero-order chi connectivity index (χ0) is 17.1. The predicted molar refractivity (Wildman–Crippen MR) is 95.2 cm³/mol. The molecule has 0 bridgehead atoms. The summed E-state index contributed by atoms with van der Waals surface area (Å²) in [5.41, 5.74) is 2.40. The highest BCUT2D eigenvalue weighted by Gasteiger charge is 2.12. The number of fused-ring (bicyclic) bond motifs is 1. The molecule has 1 aromatic heterocycles. The van der Waals surface area contributed by atoms with Gasteiger partial charge in [-0.3, -0.25) is 4.79 Å². The van der Waals surface area contributed by atoms with E-state index in [2.05, 4.69) is 10.3 Å². The van der Waals surface area contributed by atoms with Gasteiger partial charge in [0, 0.05) is 22.1 Å². The molecule has 0 spiro atoms. The second-order valence-corrected chi connectivity index (χ2v) is 5.73. The van der Waals surface area contributed by atoms with Crippen molar-refractivity contribution in [3.63, 3.8) is 0 Å². The van der Waals surface area contributed by atoms with E-state index in [0.717, 1.165) is 22.2 Å². The smallest absolute Gasteiger partial charge is 0.228 e. The van der Waals surface area contributed by atoms with Crippen molar-refractivity contribution in [3.05, 3.63) is 53.2 Å². The number of hydrogen-bond donors (Lipinski definition) is 2. The number of carbonyl (C=O) groups is 1. The standard InChI is InChI=1S/C18H17ClN2O3/c1-23-13-4-5-15-14(9-13)11(10-20-15)7-18(22)21-16-8-12(19)3-6-17(16)24-2/h3-6,8-10,20H,7H2,1-2H3,(H,21,22). The Balaban J connectivity index is 1.81. The number of rotatable bonds is 5. The van der Waals surface area contributed by atoms with Gasteiger partial charge in [0.25, 0.3) is 0 Å². The van der Waals surface area contributed by atoms with Crippen molar-refractivity contribution < 1.29 is 14.3 Å². The highest BCUT2D eigenvalue weighted by molar-refractivity contribution is 6.31. The predicted octanol–water partition coefficient (Wildman–Crippen LogP) is 4.02. The van der Waals surface area contributed by atoms with Crippen molar-refractivity contribution in [2.45, 2.75) is 6.42 Å². The minimum atomic E-state index is -0.153. The second kappa shape index (κ2) is 6.84. The molecule has 1 heterocycles. The van der Waals surface area contributed by atoms with Crippen LogP contribution >= 0.6 is 11.6 Å². The maximum absolute atomic E-state index is 12.4. The van der Waals surface area contributed by atoms with Crippen LogP contribution in [0.3, 0.4) is 0 Å². The van der Waals surface area contributed by atoms with Gasteiger partial charge in [0.2, 0.25) is 5.91 Å². The Labute approximate surface area is 144 Å². The molecule has 0 saturated carbocycles. The Hall–Kier alpha value is -2.66. The molecule has 24 heavy (non-hydrogen) atoms. The summed E-state index contributed by atoms with van der Waals surface area (Å²) in [5.74, 6) is 1.16. The van der Waals surface area contributed by atoms with E-state index in [9.17, 15) is 4.79 Å². The molecule has 0 radical (unpaired) electrons. The SMILES string of the molecule is COc1ccc2[nH]cc(CC(=O)Nc3cc(Cl)ccc3OC)c2c1. The fraction of sp³-hybridized carbons (Fsp3) is 0.167. The summed E-state index contributed by atoms with van der Waals surface area (Å²) < 4.78 is 10.5. The van der Waals surface area contributed by atoms with Crippen LogP contribution in [-0.4, -0.2) is 25.1 Å². The third kappa shape index (κ3) is 3.31. The molecule has 6 heteroatoms. The number of hydrogen-bond acceptors (Lipinski definition) is 3. The molecule has 3 aromatic rings. The summed E-state index contributed by atoms with van der Waals surface area (Å²) in [7, 11) is 3.16. The van der Waals surface area contributed by atoms with Crippen molar-refractivity contribution >= 4 is 34.1 Å². The van der Waals surface area contributed by atoms with E-state index < -0.39 is 0 Å². The van der Waals surface area contributed by atoms with Gasteiger partial charge in [-0.15, -0.1) is 0 Å². The van der Waals surface area contributed by atoms with Gasteiger partial charge < -0.3 is 19.8 Å². The Kier molecular flexibility index (Phi) is 4.62. The van der Waals surface area contributed by atoms with Gasteiger partial charge >= 0.3 is 0 Å². The number of aromatic nitrogens is 1. The number of carbonyl (C=O) groups excluding carboxylic acids is 1. The van der Waals surface area contributed by atoms with E-state index in [1.54, 1.807) is 32.4 Å². The van der Waals surface area contributed by atoms with E-state index in [1.807, 2.05) is 24.4 Å². The van der Waals surface area contributed by atoms with Crippen LogP contribution in [0.15, 0.2) is 42.6 Å². The first kappa shape index (κ1) is 16.2. The maximum Gasteiger partial charge on any atom is 0.228 e. The molecule has 3 rings (SSSR count). The number of nitrogens with one attached hydrogen (secondary N) is 2. The Morgan fingerprint density at radius 1 is 1.17 bits per heavy atom. The first-order valence-electron chi connectivity index (χ1n) is 7.38. The van der Waals surface area contributed by atoms with Gasteiger partial charge in [-0.05, 0) is 42.0 Å². The van der Waals surface area contributed by atoms with E-state index >= 15 is 0 Å². The normalized spacial score (nSPS) is 10.6. The topological polar surface area (TPSA) is 63.4 Å². The summed E-state index contributed by atoms with van der Waals surface area (Å²) in [5, 5.41) is 4.33. The Bertz CT molecular complexity index is 889. The molecule has 2 N–H and O–H groups in total. The summed E-state index contributed by atoms with van der Waals surface area (Å²) in [6.07, 6.45) is 2.06. The number of aromatic amines is 1. The summed E-state index contributed by atoms with van der Waals surface area (Å²) in [4.78, 5) is 15.6. The van der Waals surface area contributed by atoms with Gasteiger partial charge in [-0.1, -0.05) is 11.6 Å². The molecule has 124 valence electrons. The molecule has 5 nitrogen and oxygen atoms in total. The Morgan fingerprint density at radius 3 is 2.75 bits per heavy atom. The highest BCUT2D eigenvalue weighted by Crippen LogP contribution is 2.28. The number of methoxy groups -OCH3 is 2. The largest absolute Gasteiger partial charge is 0.497 e. The molecule has 0 fully saturated rings. The molecule has 0 aliphatic heterocycles. The van der Waals surface area contributed by atoms with Crippen LogP contribution in [0.4, 0.5) is 5.69 Å². The van der Waals surface area contributed by atoms with Crippen LogP contribution in [0.25, 0.3) is 10.9 Å². The molecule has 0 unspecified atom stereocenters. The van der Waals surface area contributed by atoms with Crippen molar-refractivity contribution in [3.8, 4) is 11.5 Å². The van der Waals surface area contributed by atoms with Crippen LogP contribution < -0.4 is 14.8 Å². The fourth-order valence-electron chi connectivity index (χ4n) is 2.58. The minimum Gasteiger partial charge on any atom is -0.497 e. The number of amides is 1. The van der Waals surface area contributed by atoms with Gasteiger partial charge in [0.1, 0.15) is 11.5 Å². The lowest BCUT2D eigenvalue weighted by Crippen LogP contribution is -2.14. The van der Waals surface area contributed by atoms with Crippen LogP contribution in [0.2, 0.25) is 5.02 Å². The third-order valence-corrected chi connectivity index (χ3v) is 4.00. The van der Waals surface area contributed by atoms with Crippen LogP contribution in [0.1, 0.15) is 5.56 Å². The van der Waals surface area contributed by atoms with Crippen molar-refractivity contribution in [1.29, 1.82) is 0 Å². The number of H-pyrrole nitrogens is 1. The molecule has 0 atom stereocenters. The average molecular weight is 345 g/mol. The van der Waals surface area contributed by atoms with Gasteiger partial charge in [0.15, 0.2) is 0 Å². The molecule has 0 saturated heterocycles. The minimum absolute atomic E-state index is 0.153. The maximum atomic E-state index is 12.4. The zero-order valence-electron chi connectivity index (χ0n) is 13.4. The van der Waals surface area contributed by atoms with Gasteiger partial charge in [0.05, 0.1) is 26.3 Å². The number of ether oxygens (including phenoxy) is 2. The fourth-order valence-corrected chi connectivity index (χ4v) is 2.75. The molecular weight excluding hydrogens is 328 g/mol. The van der Waals surface area contributed by atoms with Crippen molar-refractivity contribution in [2.75, 3.05) is 19.5 Å². The van der Waals surface area contributed by atoms with E-state index in [4.69, 9.17) is 21.1 Å². The van der Waals surface area contributed by atoms with E-state index in [-0.39, 0.29) is 12.3 Å². The van der Waals surface area contributed by atoms with Crippen LogP contribution in [-0.2, 0) is 11.2 Å². The monoisotopic (exact) mass is 344 g/mol. The highest BCUT2D eigenvalue weighted by atomic mass is 35.5. The van der Waals surface area contributed by atoms with Crippen LogP contribution in [0, 0.1) is 0 Å². The van der Waals surface area contributed by atoms with Crippen molar-refractivity contribution in [1.82, 2.24) is 4.98 Å². The lowest BCUT2D eigenvalue weighted by atomic mass is 10.1. The van der Waals surface area contributed by atoms with Crippen molar-refractivity contribution in [2.24, 2.45) is 0 Å². The molecule has 0 aliphatic rings. The number of anilines is 1. The number of halogens is 1. The third-order valence-electron chi connectivity index (χ3n) is 3.76. The first-order chi connectivity index (χ1) is 11.6. The lowest BCUT2D eigenvalue weighted by molar-refractivity contribution is -0.115. The summed E-state index contributed by atoms with van der Waals surface area (Å²) in [6.45, 7) is 0. The zero-order valence-corrected chi connectivity index (χ0v) is 14.1. The summed E-state index contributed by atoms with van der Waals surface area (Å²) in [6, 6.07) is 10.8. The molecule has 0 aliphatic carbocycles. The average Bonchev–Trinajstić information content (AvgIpc) is 2.97. The Morgan fingerprint density at radius 2 is 2.00 bits per heavy atom. The van der Waals surface area contributed by atoms with Crippen LogP contribution in [0.5, 0.6) is 11.5 Å². The lowest BCUT2D eigenvalue weighted by Gasteiger charge is -2.10. The quantitative estimate of drug-likeness (QED) is 0.734. The molecule has 2 aromatic carbocycles. The van der Waals surface area contributed by atoms with Gasteiger partial charge in [-0.2, -0.15) is 0 Å². The molecular formula is C18H17ClN2O3. The summed E-state index contributed by atoms with van der Waals surface area (Å²) >= 11 is 5.99.